The molecule has 0 bridgehead atoms. The van der Waals surface area contributed by atoms with E-state index in [1.165, 1.54) is 0 Å². The predicted octanol–water partition coefficient (Wildman–Crippen LogP) is -1.60. The fourth-order valence-electron chi connectivity index (χ4n) is 1.23. The fraction of sp³-hybridized carbons (Fsp3) is 0.364. The average molecular weight is 200 g/mol. The fourth-order valence-corrected chi connectivity index (χ4v) is 1.23. The Morgan fingerprint density at radius 1 is 1.43 bits per heavy atom. The van der Waals surface area contributed by atoms with Crippen molar-refractivity contribution in [3.63, 3.8) is 0 Å². The molecule has 0 aliphatic rings. The van der Waals surface area contributed by atoms with Gasteiger partial charge in [0.1, 0.15) is 0 Å². The summed E-state index contributed by atoms with van der Waals surface area (Å²) in [5, 5.41) is 10.5. The molecule has 1 aromatic carbocycles. The number of carbonyl (C=O) groups excluding carboxylic acids is 1. The summed E-state index contributed by atoms with van der Waals surface area (Å²) in [6.07, 6.45) is 3.16. The van der Waals surface area contributed by atoms with E-state index in [0.717, 1.165) is 24.8 Å². The summed E-state index contributed by atoms with van der Waals surface area (Å²) in [4.78, 5) is 10.5. The molecule has 0 unspecified atom stereocenters. The van der Waals surface area contributed by atoms with Gasteiger partial charge >= 0.3 is 29.6 Å². The molecule has 14 heavy (non-hydrogen) atoms. The van der Waals surface area contributed by atoms with E-state index in [1.807, 2.05) is 6.07 Å². The third-order valence-corrected chi connectivity index (χ3v) is 1.98. The predicted molar refractivity (Wildman–Crippen MR) is 49.4 cm³/mol. The van der Waals surface area contributed by atoms with E-state index in [9.17, 15) is 9.90 Å². The first kappa shape index (κ1) is 13.7. The van der Waals surface area contributed by atoms with E-state index in [0.29, 0.717) is 0 Å². The molecule has 3 heteroatoms. The quantitative estimate of drug-likeness (QED) is 0.549. The van der Waals surface area contributed by atoms with Crippen molar-refractivity contribution in [3.05, 3.63) is 35.4 Å². The van der Waals surface area contributed by atoms with Crippen molar-refractivity contribution in [2.45, 2.75) is 26.2 Å². The zero-order valence-electron chi connectivity index (χ0n) is 8.75. The van der Waals surface area contributed by atoms with Crippen LogP contribution in [0.3, 0.4) is 0 Å². The number of aromatic carboxylic acids is 1. The summed E-state index contributed by atoms with van der Waals surface area (Å²) in [5.74, 6) is -1.10. The number of carboxylic acid groups (broad SMARTS) is 1. The third-order valence-electron chi connectivity index (χ3n) is 1.98. The van der Waals surface area contributed by atoms with Crippen LogP contribution in [0.4, 0.5) is 0 Å². The first-order valence-corrected chi connectivity index (χ1v) is 4.54. The smallest absolute Gasteiger partial charge is 0.545 e. The van der Waals surface area contributed by atoms with Crippen LogP contribution >= 0.6 is 0 Å². The summed E-state index contributed by atoms with van der Waals surface area (Å²) < 4.78 is 0. The maximum absolute atomic E-state index is 10.5. The van der Waals surface area contributed by atoms with Gasteiger partial charge in [-0.1, -0.05) is 31.5 Å². The second-order valence-corrected chi connectivity index (χ2v) is 3.09. The van der Waals surface area contributed by atoms with Crippen molar-refractivity contribution < 1.29 is 39.5 Å². The minimum Gasteiger partial charge on any atom is -0.545 e. The molecule has 0 aliphatic carbocycles. The summed E-state index contributed by atoms with van der Waals surface area (Å²) >= 11 is 0. The first-order chi connectivity index (χ1) is 6.24. The van der Waals surface area contributed by atoms with Gasteiger partial charge < -0.3 is 9.90 Å². The zero-order chi connectivity index (χ0) is 9.68. The Hall–Kier alpha value is -0.310. The van der Waals surface area contributed by atoms with Crippen molar-refractivity contribution in [3.8, 4) is 0 Å². The van der Waals surface area contributed by atoms with E-state index < -0.39 is 5.97 Å². The van der Waals surface area contributed by atoms with Crippen LogP contribution in [0.25, 0.3) is 0 Å². The number of hydrogen-bond donors (Lipinski definition) is 0. The molecule has 1 rings (SSSR count). The number of benzene rings is 1. The van der Waals surface area contributed by atoms with Gasteiger partial charge in [-0.3, -0.25) is 0 Å². The van der Waals surface area contributed by atoms with E-state index in [-0.39, 0.29) is 35.1 Å². The molecule has 0 saturated heterocycles. The Morgan fingerprint density at radius 2 is 2.14 bits per heavy atom. The maximum atomic E-state index is 10.5. The van der Waals surface area contributed by atoms with Gasteiger partial charge in [0.2, 0.25) is 0 Å². The maximum Gasteiger partial charge on any atom is 1.00 e. The molecule has 0 atom stereocenters. The van der Waals surface area contributed by atoms with Crippen LogP contribution in [0.2, 0.25) is 0 Å². The second-order valence-electron chi connectivity index (χ2n) is 3.09. The van der Waals surface area contributed by atoms with Crippen LogP contribution in [0.1, 0.15) is 35.7 Å². The van der Waals surface area contributed by atoms with Crippen molar-refractivity contribution in [2.75, 3.05) is 0 Å². The summed E-state index contributed by atoms with van der Waals surface area (Å²) in [7, 11) is 0. The van der Waals surface area contributed by atoms with Crippen LogP contribution in [0.5, 0.6) is 0 Å². The molecule has 2 nitrogen and oxygen atoms in total. The topological polar surface area (TPSA) is 40.1 Å². The largest absolute Gasteiger partial charge is 1.00 e. The standard InChI is InChI=1S/C11H14O2.Na/c1-2-3-5-9-6-4-7-10(8-9)11(12)13;/h4,6-8H,2-3,5H2,1H3,(H,12,13);/q;+1/p-1. The van der Waals surface area contributed by atoms with Crippen molar-refractivity contribution in [1.82, 2.24) is 0 Å². The van der Waals surface area contributed by atoms with Crippen molar-refractivity contribution in [1.29, 1.82) is 0 Å². The van der Waals surface area contributed by atoms with Crippen LogP contribution in [0.15, 0.2) is 24.3 Å². The molecule has 0 fully saturated rings. The van der Waals surface area contributed by atoms with Gasteiger partial charge in [0.05, 0.1) is 5.97 Å². The van der Waals surface area contributed by atoms with Gasteiger partial charge in [0.15, 0.2) is 0 Å². The third kappa shape index (κ3) is 4.27. The number of rotatable bonds is 4. The molecule has 0 saturated carbocycles. The van der Waals surface area contributed by atoms with E-state index in [4.69, 9.17) is 0 Å². The molecule has 0 radical (unpaired) electrons. The van der Waals surface area contributed by atoms with Gasteiger partial charge in [-0.2, -0.15) is 0 Å². The molecule has 70 valence electrons. The van der Waals surface area contributed by atoms with Gasteiger partial charge in [-0.25, -0.2) is 0 Å². The number of hydrogen-bond acceptors (Lipinski definition) is 2. The summed E-state index contributed by atoms with van der Waals surface area (Å²) in [6.45, 7) is 2.11. The van der Waals surface area contributed by atoms with Gasteiger partial charge in [-0.15, -0.1) is 0 Å². The van der Waals surface area contributed by atoms with E-state index in [1.54, 1.807) is 18.2 Å². The van der Waals surface area contributed by atoms with Gasteiger partial charge in [-0.05, 0) is 30.0 Å². The molecular formula is C11H13NaO2. The SMILES string of the molecule is CCCCc1cccc(C(=O)[O-])c1.[Na+]. The van der Waals surface area contributed by atoms with Gasteiger partial charge in [0, 0.05) is 0 Å². The van der Waals surface area contributed by atoms with Crippen LogP contribution in [-0.2, 0) is 6.42 Å². The number of unbranched alkanes of at least 4 members (excludes halogenated alkanes) is 1. The van der Waals surface area contributed by atoms with Crippen molar-refractivity contribution >= 4 is 5.97 Å². The number of aryl methyl sites for hydroxylation is 1. The van der Waals surface area contributed by atoms with Gasteiger partial charge in [0.25, 0.3) is 0 Å². The Kier molecular flexibility index (Phi) is 6.89. The monoisotopic (exact) mass is 200 g/mol. The van der Waals surface area contributed by atoms with E-state index in [2.05, 4.69) is 6.92 Å². The minimum atomic E-state index is -1.10. The Balaban J connectivity index is 0.00000169. The Labute approximate surface area is 107 Å². The zero-order valence-corrected chi connectivity index (χ0v) is 10.7. The summed E-state index contributed by atoms with van der Waals surface area (Å²) in [6, 6.07) is 6.95. The average Bonchev–Trinajstić information content (AvgIpc) is 2.15. The molecule has 0 heterocycles. The molecule has 0 spiro atoms. The Bertz CT molecular complexity index is 297. The number of carboxylic acids is 1. The van der Waals surface area contributed by atoms with Crippen molar-refractivity contribution in [2.24, 2.45) is 0 Å². The molecule has 0 aromatic heterocycles. The molecule has 0 amide bonds. The number of carbonyl (C=O) groups is 1. The normalized spacial score (nSPS) is 9.21. The second kappa shape index (κ2) is 7.04. The summed E-state index contributed by atoms with van der Waals surface area (Å²) in [5.41, 5.74) is 1.34. The van der Waals surface area contributed by atoms with Crippen LogP contribution in [-0.4, -0.2) is 5.97 Å². The van der Waals surface area contributed by atoms with Crippen LogP contribution in [0, 0.1) is 0 Å². The molecule has 1 aromatic rings. The molecule has 0 N–H and O–H groups in total. The first-order valence-electron chi connectivity index (χ1n) is 4.54. The molecular weight excluding hydrogens is 187 g/mol. The van der Waals surface area contributed by atoms with E-state index >= 15 is 0 Å². The molecule has 0 aliphatic heterocycles. The Morgan fingerprint density at radius 3 is 2.71 bits per heavy atom. The minimum absolute atomic E-state index is 0. The van der Waals surface area contributed by atoms with Crippen LogP contribution < -0.4 is 34.7 Å².